The predicted octanol–water partition coefficient (Wildman–Crippen LogP) is 15.6. The first-order valence-electron chi connectivity index (χ1n) is 22.0. The van der Waals surface area contributed by atoms with Crippen LogP contribution in [0.15, 0.2) is 212 Å². The second-order valence-corrected chi connectivity index (χ2v) is 15.9. The standard InChI is InChI=1S/C46H41N3.C13H15N/c1-5-12-36-21-20-35(6-2)31-44(36)34(4)32-47-37-22-25-39(26-23-37)48(38-14-11-13-33(3)19-24-38)40-27-29-41(30-28-40)49-45-17-9-7-15-42(45)43-16-8-10-18-46(43)49;1-2-3-8-13-12-7-5-4-6-11(12)9-10-14-13/h5-10,12-32,47H,2,11H2,1,3-4H3;2-8,14H,9-10H2,1H3/b12-5-,34-32-;3-2-,13-8-. The van der Waals surface area contributed by atoms with Crippen molar-refractivity contribution in [3.8, 4) is 5.69 Å². The highest BCUT2D eigenvalue weighted by molar-refractivity contribution is 6.09. The van der Waals surface area contributed by atoms with Gasteiger partial charge in [-0.05, 0) is 147 Å². The summed E-state index contributed by atoms with van der Waals surface area (Å²) < 4.78 is 2.36. The molecule has 0 atom stereocenters. The monoisotopic (exact) mass is 820 g/mol. The molecule has 6 aromatic carbocycles. The molecule has 312 valence electrons. The Bertz CT molecular complexity index is 2910. The van der Waals surface area contributed by atoms with Crippen LogP contribution in [0.1, 0.15) is 61.9 Å². The van der Waals surface area contributed by atoms with Gasteiger partial charge in [0, 0.05) is 63.2 Å². The molecule has 1 aliphatic carbocycles. The van der Waals surface area contributed by atoms with Crippen molar-refractivity contribution in [3.05, 3.63) is 240 Å². The number of hydrogen-bond acceptors (Lipinski definition) is 3. The fourth-order valence-electron chi connectivity index (χ4n) is 8.40. The topological polar surface area (TPSA) is 32.2 Å². The normalized spacial score (nSPS) is 14.5. The summed E-state index contributed by atoms with van der Waals surface area (Å²) in [6.07, 6.45) is 25.4. The number of rotatable bonds is 10. The van der Waals surface area contributed by atoms with E-state index in [4.69, 9.17) is 0 Å². The third-order valence-corrected chi connectivity index (χ3v) is 11.6. The SMILES string of the molecule is C/C=C\C=C1/NCCc2ccccc21.C=Cc1ccc(/C=C\C)c(/C(C)=C\Nc2ccc(N(C3=CCC=C(C)C=C3)c3ccc(-n4c5ccccc5c5ccccc54)cc3)cc2)c1. The van der Waals surface area contributed by atoms with Crippen LogP contribution in [-0.2, 0) is 6.42 Å². The fraction of sp³-hybridized carbons (Fsp3) is 0.119. The Labute approximate surface area is 373 Å². The number of aromatic nitrogens is 1. The van der Waals surface area contributed by atoms with Crippen LogP contribution >= 0.6 is 0 Å². The van der Waals surface area contributed by atoms with E-state index in [1.165, 1.54) is 55.3 Å². The van der Waals surface area contributed by atoms with E-state index in [-0.39, 0.29) is 0 Å². The lowest BCUT2D eigenvalue weighted by Crippen LogP contribution is -2.22. The van der Waals surface area contributed by atoms with Crippen molar-refractivity contribution in [2.45, 2.75) is 40.5 Å². The average molecular weight is 821 g/mol. The largest absolute Gasteiger partial charge is 0.384 e. The Balaban J connectivity index is 0.000000329. The predicted molar refractivity (Wildman–Crippen MR) is 274 cm³/mol. The van der Waals surface area contributed by atoms with Crippen molar-refractivity contribution in [1.82, 2.24) is 9.88 Å². The summed E-state index contributed by atoms with van der Waals surface area (Å²) in [5.41, 5.74) is 17.9. The minimum absolute atomic E-state index is 0.885. The summed E-state index contributed by atoms with van der Waals surface area (Å²) in [6, 6.07) is 49.9. The van der Waals surface area contributed by atoms with Gasteiger partial charge < -0.3 is 20.1 Å². The zero-order valence-corrected chi connectivity index (χ0v) is 36.9. The van der Waals surface area contributed by atoms with E-state index >= 15 is 0 Å². The van der Waals surface area contributed by atoms with Crippen molar-refractivity contribution in [1.29, 1.82) is 0 Å². The second-order valence-electron chi connectivity index (χ2n) is 15.9. The summed E-state index contributed by atoms with van der Waals surface area (Å²) in [5, 5.41) is 9.49. The Morgan fingerprint density at radius 2 is 1.43 bits per heavy atom. The van der Waals surface area contributed by atoms with E-state index < -0.39 is 0 Å². The van der Waals surface area contributed by atoms with Crippen molar-refractivity contribution in [3.63, 3.8) is 0 Å². The molecule has 2 N–H and O–H groups in total. The minimum Gasteiger partial charge on any atom is -0.384 e. The molecule has 4 nitrogen and oxygen atoms in total. The van der Waals surface area contributed by atoms with Gasteiger partial charge in [-0.15, -0.1) is 0 Å². The summed E-state index contributed by atoms with van der Waals surface area (Å²) in [6.45, 7) is 13.4. The van der Waals surface area contributed by atoms with Gasteiger partial charge in [0.25, 0.3) is 0 Å². The van der Waals surface area contributed by atoms with Crippen molar-refractivity contribution < 1.29 is 0 Å². The average Bonchev–Trinajstić information content (AvgIpc) is 3.52. The highest BCUT2D eigenvalue weighted by Gasteiger charge is 2.17. The first kappa shape index (κ1) is 42.1. The Morgan fingerprint density at radius 3 is 2.13 bits per heavy atom. The first-order chi connectivity index (χ1) is 30.9. The van der Waals surface area contributed by atoms with Gasteiger partial charge in [-0.25, -0.2) is 0 Å². The summed E-state index contributed by atoms with van der Waals surface area (Å²) in [5.74, 6) is 0. The quantitative estimate of drug-likeness (QED) is 0.144. The highest BCUT2D eigenvalue weighted by atomic mass is 15.1. The van der Waals surface area contributed by atoms with Crippen LogP contribution in [-0.4, -0.2) is 11.1 Å². The van der Waals surface area contributed by atoms with Gasteiger partial charge in [0.1, 0.15) is 0 Å². The van der Waals surface area contributed by atoms with Crippen LogP contribution in [0.3, 0.4) is 0 Å². The maximum atomic E-state index is 3.96. The molecule has 63 heavy (non-hydrogen) atoms. The van der Waals surface area contributed by atoms with Crippen LogP contribution in [0.25, 0.3) is 50.9 Å². The Kier molecular flexibility index (Phi) is 13.3. The van der Waals surface area contributed by atoms with Gasteiger partial charge in [-0.3, -0.25) is 0 Å². The fourth-order valence-corrected chi connectivity index (χ4v) is 8.40. The van der Waals surface area contributed by atoms with E-state index in [2.05, 4.69) is 235 Å². The lowest BCUT2D eigenvalue weighted by Gasteiger charge is -2.27. The second kappa shape index (κ2) is 19.9. The molecule has 0 spiro atoms. The van der Waals surface area contributed by atoms with Crippen LogP contribution in [0.4, 0.5) is 17.1 Å². The number of hydrogen-bond donors (Lipinski definition) is 2. The number of benzene rings is 6. The number of nitrogens with one attached hydrogen (secondary N) is 2. The zero-order chi connectivity index (χ0) is 43.5. The number of anilines is 3. The maximum absolute atomic E-state index is 3.96. The van der Waals surface area contributed by atoms with Gasteiger partial charge in [0.2, 0.25) is 0 Å². The van der Waals surface area contributed by atoms with E-state index in [9.17, 15) is 0 Å². The molecule has 7 aromatic rings. The minimum atomic E-state index is 0.885. The molecule has 1 aliphatic heterocycles. The van der Waals surface area contributed by atoms with Gasteiger partial charge in [-0.1, -0.05) is 134 Å². The lowest BCUT2D eigenvalue weighted by molar-refractivity contribution is 0.814. The molecule has 0 saturated carbocycles. The molecule has 4 heteroatoms. The van der Waals surface area contributed by atoms with Crippen LogP contribution in [0, 0.1) is 0 Å². The van der Waals surface area contributed by atoms with Crippen LogP contribution in [0.2, 0.25) is 0 Å². The Morgan fingerprint density at radius 1 is 0.746 bits per heavy atom. The molecule has 9 rings (SSSR count). The highest BCUT2D eigenvalue weighted by Crippen LogP contribution is 2.36. The number of fused-ring (bicyclic) bond motifs is 4. The van der Waals surface area contributed by atoms with Gasteiger partial charge in [-0.2, -0.15) is 0 Å². The molecule has 0 unspecified atom stereocenters. The molecule has 0 amide bonds. The Hall–Kier alpha value is -7.56. The van der Waals surface area contributed by atoms with Crippen LogP contribution in [0.5, 0.6) is 0 Å². The van der Waals surface area contributed by atoms with E-state index in [0.717, 1.165) is 59.0 Å². The number of nitrogens with zero attached hydrogens (tertiary/aromatic N) is 2. The molecular weight excluding hydrogens is 765 g/mol. The lowest BCUT2D eigenvalue weighted by atomic mass is 9.98. The van der Waals surface area contributed by atoms with E-state index in [1.807, 2.05) is 26.0 Å². The third-order valence-electron chi connectivity index (χ3n) is 11.6. The van der Waals surface area contributed by atoms with Crippen LogP contribution < -0.4 is 15.5 Å². The molecule has 1 aromatic heterocycles. The van der Waals surface area contributed by atoms with Crippen molar-refractivity contribution in [2.24, 2.45) is 0 Å². The molecule has 0 bridgehead atoms. The van der Waals surface area contributed by atoms with Crippen molar-refractivity contribution >= 4 is 62.3 Å². The third kappa shape index (κ3) is 9.51. The number of allylic oxidation sites excluding steroid dienone is 10. The molecule has 0 radical (unpaired) electrons. The molecule has 2 heterocycles. The zero-order valence-electron chi connectivity index (χ0n) is 36.9. The smallest absolute Gasteiger partial charge is 0.0541 e. The van der Waals surface area contributed by atoms with Gasteiger partial charge in [0.15, 0.2) is 0 Å². The van der Waals surface area contributed by atoms with Gasteiger partial charge >= 0.3 is 0 Å². The summed E-state index contributed by atoms with van der Waals surface area (Å²) in [7, 11) is 0. The molecule has 0 saturated heterocycles. The van der Waals surface area contributed by atoms with Crippen molar-refractivity contribution in [2.75, 3.05) is 16.8 Å². The summed E-state index contributed by atoms with van der Waals surface area (Å²) >= 11 is 0. The van der Waals surface area contributed by atoms with E-state index in [0.29, 0.717) is 0 Å². The number of para-hydroxylation sites is 2. The summed E-state index contributed by atoms with van der Waals surface area (Å²) in [4.78, 5) is 2.34. The van der Waals surface area contributed by atoms with Gasteiger partial charge in [0.05, 0.1) is 11.0 Å². The van der Waals surface area contributed by atoms with E-state index in [1.54, 1.807) is 0 Å². The molecule has 2 aliphatic rings. The molecule has 0 fully saturated rings. The maximum Gasteiger partial charge on any atom is 0.0541 e. The molecular formula is C59H56N4. The first-order valence-corrected chi connectivity index (χ1v) is 22.0.